The molecule has 1 aromatic rings. The second-order valence-electron chi connectivity index (χ2n) is 2.89. The van der Waals surface area contributed by atoms with Crippen LogP contribution in [0.15, 0.2) is 4.52 Å². The molecule has 1 atom stereocenters. The molecule has 0 fully saturated rings. The average molecular weight is 214 g/mol. The Balaban J connectivity index is 2.63. The summed E-state index contributed by atoms with van der Waals surface area (Å²) in [5.74, 6) is -0.0306. The fourth-order valence-corrected chi connectivity index (χ4v) is 0.999. The quantitative estimate of drug-likeness (QED) is 0.648. The minimum atomic E-state index is -0.383. The zero-order chi connectivity index (χ0) is 11.3. The first-order chi connectivity index (χ1) is 7.21. The number of ether oxygens (including phenoxy) is 1. The third-order valence-electron chi connectivity index (χ3n) is 1.90. The van der Waals surface area contributed by atoms with Crippen LogP contribution in [0.1, 0.15) is 16.5 Å². The minimum Gasteiger partial charge on any atom is -0.380 e. The average Bonchev–Trinajstić information content (AvgIpc) is 2.73. The maximum absolute atomic E-state index is 11.1. The molecule has 0 saturated heterocycles. The zero-order valence-electron chi connectivity index (χ0n) is 8.69. The van der Waals surface area contributed by atoms with Crippen LogP contribution < -0.4 is 11.1 Å². The van der Waals surface area contributed by atoms with E-state index in [0.717, 1.165) is 0 Å². The van der Waals surface area contributed by atoms with E-state index in [4.69, 9.17) is 15.0 Å². The van der Waals surface area contributed by atoms with Gasteiger partial charge in [0, 0.05) is 20.7 Å². The molecule has 0 aromatic carbocycles. The number of amides is 1. The van der Waals surface area contributed by atoms with Crippen molar-refractivity contribution in [2.45, 2.75) is 12.5 Å². The van der Waals surface area contributed by atoms with Crippen LogP contribution in [-0.4, -0.2) is 42.9 Å². The first-order valence-corrected chi connectivity index (χ1v) is 4.48. The molecule has 1 unspecified atom stereocenters. The van der Waals surface area contributed by atoms with E-state index >= 15 is 0 Å². The Hall–Kier alpha value is -1.47. The van der Waals surface area contributed by atoms with E-state index in [1.165, 1.54) is 7.05 Å². The number of rotatable bonds is 5. The van der Waals surface area contributed by atoms with E-state index in [-0.39, 0.29) is 17.8 Å². The summed E-state index contributed by atoms with van der Waals surface area (Å²) >= 11 is 0. The molecule has 3 N–H and O–H groups in total. The first kappa shape index (κ1) is 11.6. The van der Waals surface area contributed by atoms with Gasteiger partial charge in [-0.3, -0.25) is 4.79 Å². The number of nitrogens with zero attached hydrogens (tertiary/aromatic N) is 2. The molecule has 0 bridgehead atoms. The van der Waals surface area contributed by atoms with Crippen molar-refractivity contribution in [3.05, 3.63) is 11.7 Å². The molecule has 7 heteroatoms. The lowest BCUT2D eigenvalue weighted by Crippen LogP contribution is -2.25. The summed E-state index contributed by atoms with van der Waals surface area (Å²) in [5, 5.41) is 5.91. The fraction of sp³-hybridized carbons (Fsp3) is 0.625. The zero-order valence-corrected chi connectivity index (χ0v) is 8.69. The lowest BCUT2D eigenvalue weighted by Gasteiger charge is -2.08. The monoisotopic (exact) mass is 214 g/mol. The van der Waals surface area contributed by atoms with Crippen molar-refractivity contribution in [3.8, 4) is 0 Å². The third-order valence-corrected chi connectivity index (χ3v) is 1.90. The Morgan fingerprint density at radius 1 is 1.73 bits per heavy atom. The smallest absolute Gasteiger partial charge is 0.292 e. The third kappa shape index (κ3) is 3.00. The Morgan fingerprint density at radius 2 is 2.47 bits per heavy atom. The summed E-state index contributed by atoms with van der Waals surface area (Å²) in [6.45, 7) is 0.355. The summed E-state index contributed by atoms with van der Waals surface area (Å²) in [6.07, 6.45) is 0.222. The number of aromatic nitrogens is 2. The predicted octanol–water partition coefficient (Wildman–Crippen LogP) is -1.05. The summed E-state index contributed by atoms with van der Waals surface area (Å²) < 4.78 is 9.91. The fourth-order valence-electron chi connectivity index (χ4n) is 0.999. The van der Waals surface area contributed by atoms with E-state index < -0.39 is 0 Å². The molecular weight excluding hydrogens is 200 g/mol. The molecule has 7 nitrogen and oxygen atoms in total. The summed E-state index contributed by atoms with van der Waals surface area (Å²) in [5.41, 5.74) is 5.43. The van der Waals surface area contributed by atoms with Crippen LogP contribution in [0.2, 0.25) is 0 Å². The maximum Gasteiger partial charge on any atom is 0.292 e. The van der Waals surface area contributed by atoms with E-state index in [1.54, 1.807) is 7.11 Å². The number of hydrogen-bond donors (Lipinski definition) is 2. The van der Waals surface area contributed by atoms with Crippen LogP contribution >= 0.6 is 0 Å². The van der Waals surface area contributed by atoms with Gasteiger partial charge in [-0.15, -0.1) is 0 Å². The van der Waals surface area contributed by atoms with Crippen molar-refractivity contribution in [3.63, 3.8) is 0 Å². The molecule has 15 heavy (non-hydrogen) atoms. The summed E-state index contributed by atoms with van der Waals surface area (Å²) in [7, 11) is 3.05. The normalized spacial score (nSPS) is 12.5. The number of hydrogen-bond acceptors (Lipinski definition) is 6. The second-order valence-corrected chi connectivity index (χ2v) is 2.89. The molecule has 1 heterocycles. The number of carbonyl (C=O) groups is 1. The van der Waals surface area contributed by atoms with E-state index in [2.05, 4.69) is 15.5 Å². The summed E-state index contributed by atoms with van der Waals surface area (Å²) in [6, 6.07) is 0. The van der Waals surface area contributed by atoms with Crippen LogP contribution in [0.4, 0.5) is 0 Å². The molecule has 0 saturated carbocycles. The molecule has 0 aliphatic rings. The Morgan fingerprint density at radius 3 is 3.00 bits per heavy atom. The van der Waals surface area contributed by atoms with Crippen LogP contribution in [-0.2, 0) is 11.2 Å². The SMILES string of the molecule is CNC(=O)c1noc(CC(CN)OC)n1. The van der Waals surface area contributed by atoms with Gasteiger partial charge in [0.15, 0.2) is 0 Å². The maximum atomic E-state index is 11.1. The lowest BCUT2D eigenvalue weighted by molar-refractivity contribution is 0.0950. The minimum absolute atomic E-state index is 0.0133. The topological polar surface area (TPSA) is 103 Å². The predicted molar refractivity (Wildman–Crippen MR) is 51.2 cm³/mol. The van der Waals surface area contributed by atoms with Gasteiger partial charge in [0.2, 0.25) is 5.89 Å². The highest BCUT2D eigenvalue weighted by Gasteiger charge is 2.16. The highest BCUT2D eigenvalue weighted by molar-refractivity contribution is 5.89. The highest BCUT2D eigenvalue weighted by Crippen LogP contribution is 2.02. The van der Waals surface area contributed by atoms with Gasteiger partial charge in [0.05, 0.1) is 12.5 Å². The second kappa shape index (κ2) is 5.42. The van der Waals surface area contributed by atoms with E-state index in [1.807, 2.05) is 0 Å². The van der Waals surface area contributed by atoms with E-state index in [0.29, 0.717) is 18.9 Å². The molecule has 0 aliphatic heterocycles. The summed E-state index contributed by atoms with van der Waals surface area (Å²) in [4.78, 5) is 15.0. The number of carbonyl (C=O) groups excluding carboxylic acids is 1. The number of nitrogens with two attached hydrogens (primary N) is 1. The molecular formula is C8H14N4O3. The van der Waals surface area contributed by atoms with Crippen molar-refractivity contribution in [1.29, 1.82) is 0 Å². The van der Waals surface area contributed by atoms with Crippen molar-refractivity contribution in [1.82, 2.24) is 15.5 Å². The molecule has 0 aliphatic carbocycles. The van der Waals surface area contributed by atoms with Gasteiger partial charge in [-0.25, -0.2) is 0 Å². The molecule has 84 valence electrons. The van der Waals surface area contributed by atoms with Gasteiger partial charge in [0.25, 0.3) is 11.7 Å². The van der Waals surface area contributed by atoms with Crippen molar-refractivity contribution in [2.24, 2.45) is 5.73 Å². The lowest BCUT2D eigenvalue weighted by atomic mass is 10.2. The van der Waals surface area contributed by atoms with E-state index in [9.17, 15) is 4.79 Å². The number of nitrogens with one attached hydrogen (secondary N) is 1. The van der Waals surface area contributed by atoms with Gasteiger partial charge in [-0.2, -0.15) is 4.98 Å². The van der Waals surface area contributed by atoms with Crippen LogP contribution in [0.3, 0.4) is 0 Å². The van der Waals surface area contributed by atoms with Gasteiger partial charge in [-0.05, 0) is 0 Å². The van der Waals surface area contributed by atoms with Gasteiger partial charge < -0.3 is 20.3 Å². The first-order valence-electron chi connectivity index (χ1n) is 4.48. The van der Waals surface area contributed by atoms with Gasteiger partial charge >= 0.3 is 0 Å². The number of methoxy groups -OCH3 is 1. The van der Waals surface area contributed by atoms with Crippen molar-refractivity contribution in [2.75, 3.05) is 20.7 Å². The van der Waals surface area contributed by atoms with Crippen LogP contribution in [0, 0.1) is 0 Å². The molecule has 0 spiro atoms. The van der Waals surface area contributed by atoms with Crippen LogP contribution in [0.5, 0.6) is 0 Å². The largest absolute Gasteiger partial charge is 0.380 e. The Bertz CT molecular complexity index is 321. The van der Waals surface area contributed by atoms with Crippen molar-refractivity contribution >= 4 is 5.91 Å². The highest BCUT2D eigenvalue weighted by atomic mass is 16.5. The van der Waals surface area contributed by atoms with Crippen LogP contribution in [0.25, 0.3) is 0 Å². The van der Waals surface area contributed by atoms with Crippen molar-refractivity contribution < 1.29 is 14.1 Å². The van der Waals surface area contributed by atoms with Gasteiger partial charge in [-0.1, -0.05) is 5.16 Å². The molecule has 1 aromatic heterocycles. The molecule has 0 radical (unpaired) electrons. The Kier molecular flexibility index (Phi) is 4.19. The standard InChI is InChI=1S/C8H14N4O3/c1-10-8(13)7-11-6(15-12-7)3-5(4-9)14-2/h5H,3-4,9H2,1-2H3,(H,10,13). The molecule has 1 rings (SSSR count). The Labute approximate surface area is 87.0 Å². The molecule has 1 amide bonds. The van der Waals surface area contributed by atoms with Gasteiger partial charge in [0.1, 0.15) is 0 Å².